The summed E-state index contributed by atoms with van der Waals surface area (Å²) >= 11 is 3.45. The number of aliphatic hydroxyl groups is 1. The van der Waals surface area contributed by atoms with Gasteiger partial charge in [0, 0.05) is 16.5 Å². The second-order valence-electron chi connectivity index (χ2n) is 5.76. The van der Waals surface area contributed by atoms with E-state index in [0.717, 1.165) is 35.0 Å². The predicted molar refractivity (Wildman–Crippen MR) is 81.4 cm³/mol. The van der Waals surface area contributed by atoms with Crippen LogP contribution in [0.5, 0.6) is 5.75 Å². The van der Waals surface area contributed by atoms with E-state index >= 15 is 0 Å². The average molecular weight is 327 g/mol. The van der Waals surface area contributed by atoms with Crippen LogP contribution < -0.4 is 4.74 Å². The van der Waals surface area contributed by atoms with Crippen molar-refractivity contribution in [3.05, 3.63) is 28.2 Å². The molecule has 0 radical (unpaired) electrons. The van der Waals surface area contributed by atoms with Crippen LogP contribution in [0, 0.1) is 5.92 Å². The molecule has 0 bridgehead atoms. The van der Waals surface area contributed by atoms with Crippen molar-refractivity contribution in [3.8, 4) is 5.75 Å². The lowest BCUT2D eigenvalue weighted by atomic mass is 9.80. The third-order valence-corrected chi connectivity index (χ3v) is 4.78. The molecule has 0 saturated heterocycles. The number of fused-ring (bicyclic) bond motifs is 1. The van der Waals surface area contributed by atoms with Crippen LogP contribution in [0.3, 0.4) is 0 Å². The molecular formula is C16H23BrO2. The third-order valence-electron chi connectivity index (χ3n) is 4.28. The Bertz CT molecular complexity index is 446. The molecule has 1 heterocycles. The van der Waals surface area contributed by atoms with Gasteiger partial charge in [-0.1, -0.05) is 43.1 Å². The molecule has 1 aromatic carbocycles. The van der Waals surface area contributed by atoms with Gasteiger partial charge in [-0.3, -0.25) is 0 Å². The van der Waals surface area contributed by atoms with Crippen LogP contribution in [-0.2, 0) is 0 Å². The molecule has 1 aliphatic heterocycles. The second-order valence-corrected chi connectivity index (χ2v) is 6.67. The van der Waals surface area contributed by atoms with Crippen molar-refractivity contribution in [2.75, 3.05) is 0 Å². The summed E-state index contributed by atoms with van der Waals surface area (Å²) in [6, 6.07) is 5.90. The minimum Gasteiger partial charge on any atom is -0.487 e. The van der Waals surface area contributed by atoms with Gasteiger partial charge in [0.25, 0.3) is 0 Å². The zero-order chi connectivity index (χ0) is 14.0. The van der Waals surface area contributed by atoms with E-state index < -0.39 is 6.10 Å². The molecule has 0 aromatic heterocycles. The number of halogens is 1. The number of hydrogen-bond acceptors (Lipinski definition) is 2. The fraction of sp³-hybridized carbons (Fsp3) is 0.625. The molecule has 19 heavy (non-hydrogen) atoms. The molecule has 2 nitrogen and oxygen atoms in total. The van der Waals surface area contributed by atoms with Gasteiger partial charge in [0.05, 0.1) is 6.10 Å². The number of rotatable bonds is 4. The highest BCUT2D eigenvalue weighted by atomic mass is 79.9. The van der Waals surface area contributed by atoms with E-state index in [1.165, 1.54) is 0 Å². The summed E-state index contributed by atoms with van der Waals surface area (Å²) in [5.41, 5.74) is 0.693. The summed E-state index contributed by atoms with van der Waals surface area (Å²) in [6.07, 6.45) is 3.35. The van der Waals surface area contributed by atoms with Crippen LogP contribution in [0.2, 0.25) is 0 Å². The SMILES string of the molecule is CCC(C)CC1(CC)CC(O)c2cc(Br)ccc2O1. The van der Waals surface area contributed by atoms with Crippen molar-refractivity contribution in [2.45, 2.75) is 58.2 Å². The first-order valence-electron chi connectivity index (χ1n) is 7.16. The Morgan fingerprint density at radius 2 is 2.21 bits per heavy atom. The van der Waals surface area contributed by atoms with Crippen LogP contribution in [0.1, 0.15) is 58.1 Å². The zero-order valence-corrected chi connectivity index (χ0v) is 13.5. The standard InChI is InChI=1S/C16H23BrO2/c1-4-11(3)9-16(5-2)10-14(18)13-8-12(17)6-7-15(13)19-16/h6-8,11,14,18H,4-5,9-10H2,1-3H3. The normalized spacial score (nSPS) is 27.5. The minimum absolute atomic E-state index is 0.213. The zero-order valence-electron chi connectivity index (χ0n) is 11.9. The van der Waals surface area contributed by atoms with Crippen LogP contribution >= 0.6 is 15.9 Å². The van der Waals surface area contributed by atoms with Crippen LogP contribution in [0.4, 0.5) is 0 Å². The van der Waals surface area contributed by atoms with Gasteiger partial charge in [-0.2, -0.15) is 0 Å². The summed E-state index contributed by atoms with van der Waals surface area (Å²) < 4.78 is 7.27. The fourth-order valence-corrected chi connectivity index (χ4v) is 3.25. The highest BCUT2D eigenvalue weighted by molar-refractivity contribution is 9.10. The molecule has 3 heteroatoms. The van der Waals surface area contributed by atoms with E-state index in [2.05, 4.69) is 36.7 Å². The van der Waals surface area contributed by atoms with E-state index in [1.54, 1.807) is 0 Å². The maximum atomic E-state index is 10.4. The van der Waals surface area contributed by atoms with Gasteiger partial charge in [0.1, 0.15) is 11.4 Å². The Balaban J connectivity index is 2.29. The summed E-state index contributed by atoms with van der Waals surface area (Å²) in [5, 5.41) is 10.4. The molecule has 2 rings (SSSR count). The summed E-state index contributed by atoms with van der Waals surface area (Å²) in [7, 11) is 0. The van der Waals surface area contributed by atoms with E-state index in [4.69, 9.17) is 4.74 Å². The second kappa shape index (κ2) is 5.84. The van der Waals surface area contributed by atoms with Gasteiger partial charge in [-0.05, 0) is 37.0 Å². The van der Waals surface area contributed by atoms with Crippen molar-refractivity contribution < 1.29 is 9.84 Å². The summed E-state index contributed by atoms with van der Waals surface area (Å²) in [5.74, 6) is 1.45. The fourth-order valence-electron chi connectivity index (χ4n) is 2.88. The van der Waals surface area contributed by atoms with Crippen molar-refractivity contribution in [1.82, 2.24) is 0 Å². The van der Waals surface area contributed by atoms with Gasteiger partial charge in [-0.25, -0.2) is 0 Å². The summed E-state index contributed by atoms with van der Waals surface area (Å²) in [6.45, 7) is 6.61. The molecular weight excluding hydrogens is 304 g/mol. The van der Waals surface area contributed by atoms with Crippen LogP contribution in [0.15, 0.2) is 22.7 Å². The monoisotopic (exact) mass is 326 g/mol. The number of ether oxygens (including phenoxy) is 1. The molecule has 3 atom stereocenters. The van der Waals surface area contributed by atoms with Crippen molar-refractivity contribution in [1.29, 1.82) is 0 Å². The molecule has 0 fully saturated rings. The Kier molecular flexibility index (Phi) is 4.57. The van der Waals surface area contributed by atoms with Gasteiger partial charge < -0.3 is 9.84 Å². The molecule has 3 unspecified atom stereocenters. The van der Waals surface area contributed by atoms with Crippen molar-refractivity contribution >= 4 is 15.9 Å². The van der Waals surface area contributed by atoms with Crippen molar-refractivity contribution in [3.63, 3.8) is 0 Å². The maximum Gasteiger partial charge on any atom is 0.126 e. The van der Waals surface area contributed by atoms with E-state index in [9.17, 15) is 5.11 Å². The first-order valence-corrected chi connectivity index (χ1v) is 7.95. The van der Waals surface area contributed by atoms with Gasteiger partial charge in [0.2, 0.25) is 0 Å². The Morgan fingerprint density at radius 3 is 2.84 bits per heavy atom. The molecule has 1 aromatic rings. The Morgan fingerprint density at radius 1 is 1.47 bits per heavy atom. The lowest BCUT2D eigenvalue weighted by Crippen LogP contribution is -2.42. The minimum atomic E-state index is -0.426. The smallest absolute Gasteiger partial charge is 0.126 e. The quantitative estimate of drug-likeness (QED) is 0.856. The maximum absolute atomic E-state index is 10.4. The van der Waals surface area contributed by atoms with Crippen molar-refractivity contribution in [2.24, 2.45) is 5.92 Å². The van der Waals surface area contributed by atoms with E-state index in [0.29, 0.717) is 12.3 Å². The van der Waals surface area contributed by atoms with Crippen LogP contribution in [0.25, 0.3) is 0 Å². The molecule has 106 valence electrons. The first kappa shape index (κ1) is 14.9. The van der Waals surface area contributed by atoms with Gasteiger partial charge >= 0.3 is 0 Å². The lowest BCUT2D eigenvalue weighted by molar-refractivity contribution is -0.0319. The molecule has 1 aliphatic rings. The van der Waals surface area contributed by atoms with Gasteiger partial charge in [-0.15, -0.1) is 0 Å². The third kappa shape index (κ3) is 3.14. The Labute approximate surface area is 124 Å². The molecule has 0 amide bonds. The topological polar surface area (TPSA) is 29.5 Å². The first-order chi connectivity index (χ1) is 8.99. The number of benzene rings is 1. The summed E-state index contributed by atoms with van der Waals surface area (Å²) in [4.78, 5) is 0. The van der Waals surface area contributed by atoms with E-state index in [-0.39, 0.29) is 5.60 Å². The highest BCUT2D eigenvalue weighted by Crippen LogP contribution is 2.44. The molecule has 0 spiro atoms. The lowest BCUT2D eigenvalue weighted by Gasteiger charge is -2.42. The molecule has 1 N–H and O–H groups in total. The Hall–Kier alpha value is -0.540. The largest absolute Gasteiger partial charge is 0.487 e. The highest BCUT2D eigenvalue weighted by Gasteiger charge is 2.39. The predicted octanol–water partition coefficient (Wildman–Crippen LogP) is 4.85. The molecule has 0 aliphatic carbocycles. The van der Waals surface area contributed by atoms with Crippen LogP contribution in [-0.4, -0.2) is 10.7 Å². The van der Waals surface area contributed by atoms with E-state index in [1.807, 2.05) is 18.2 Å². The number of aliphatic hydroxyl groups excluding tert-OH is 1. The molecule has 0 saturated carbocycles. The number of hydrogen-bond donors (Lipinski definition) is 1. The average Bonchev–Trinajstić information content (AvgIpc) is 2.39. The van der Waals surface area contributed by atoms with Gasteiger partial charge in [0.15, 0.2) is 0 Å².